The molecule has 2 nitrogen and oxygen atoms in total. The van der Waals surface area contributed by atoms with Crippen molar-refractivity contribution in [3.05, 3.63) is 0 Å². The minimum Gasteiger partial charge on any atom is -0.396 e. The highest BCUT2D eigenvalue weighted by atomic mass is 16.3. The number of hydrogen-bond acceptors (Lipinski definition) is 2. The van der Waals surface area contributed by atoms with E-state index in [-0.39, 0.29) is 0 Å². The molecule has 2 heteroatoms. The van der Waals surface area contributed by atoms with Crippen LogP contribution >= 0.6 is 0 Å². The van der Waals surface area contributed by atoms with Crippen molar-refractivity contribution < 1.29 is 5.11 Å². The number of rotatable bonds is 3. The molecule has 0 saturated heterocycles. The van der Waals surface area contributed by atoms with Crippen molar-refractivity contribution in [1.29, 1.82) is 0 Å². The third-order valence-corrected chi connectivity index (χ3v) is 3.70. The van der Waals surface area contributed by atoms with Gasteiger partial charge in [0.05, 0.1) is 0 Å². The topological polar surface area (TPSA) is 32.3 Å². The molecule has 2 rings (SSSR count). The van der Waals surface area contributed by atoms with Crippen LogP contribution in [0.3, 0.4) is 0 Å². The highest BCUT2D eigenvalue weighted by molar-refractivity contribution is 4.86. The number of aliphatic hydroxyl groups excluding tert-OH is 1. The van der Waals surface area contributed by atoms with Crippen molar-refractivity contribution in [3.8, 4) is 0 Å². The fraction of sp³-hybridized carbons (Fsp3) is 1.00. The predicted molar refractivity (Wildman–Crippen MR) is 53.6 cm³/mol. The van der Waals surface area contributed by atoms with E-state index in [2.05, 4.69) is 5.32 Å². The van der Waals surface area contributed by atoms with Crippen LogP contribution in [0.4, 0.5) is 0 Å². The summed E-state index contributed by atoms with van der Waals surface area (Å²) in [5.74, 6) is 0.542. The van der Waals surface area contributed by atoms with Crippen LogP contribution in [-0.2, 0) is 0 Å². The summed E-state index contributed by atoms with van der Waals surface area (Å²) in [6, 6.07) is 1.38. The van der Waals surface area contributed by atoms with Crippen LogP contribution in [0.15, 0.2) is 0 Å². The van der Waals surface area contributed by atoms with E-state index < -0.39 is 0 Å². The monoisotopic (exact) mass is 183 g/mol. The summed E-state index contributed by atoms with van der Waals surface area (Å²) >= 11 is 0. The predicted octanol–water partition coefficient (Wildman–Crippen LogP) is 1.68. The number of nitrogens with one attached hydrogen (secondary N) is 1. The Kier molecular flexibility index (Phi) is 3.23. The second-order valence-electron chi connectivity index (χ2n) is 4.63. The highest BCUT2D eigenvalue weighted by Gasteiger charge is 2.28. The molecule has 2 saturated carbocycles. The molecule has 2 unspecified atom stereocenters. The average Bonchev–Trinajstić information content (AvgIpc) is 2.76. The summed E-state index contributed by atoms with van der Waals surface area (Å²) in [6.07, 6.45) is 9.31. The lowest BCUT2D eigenvalue weighted by molar-refractivity contribution is 0.199. The maximum absolute atomic E-state index is 9.17. The quantitative estimate of drug-likeness (QED) is 0.697. The van der Waals surface area contributed by atoms with Gasteiger partial charge in [0, 0.05) is 18.7 Å². The van der Waals surface area contributed by atoms with Crippen LogP contribution in [-0.4, -0.2) is 23.8 Å². The van der Waals surface area contributed by atoms with Gasteiger partial charge in [-0.05, 0) is 31.6 Å². The summed E-state index contributed by atoms with van der Waals surface area (Å²) in [5.41, 5.74) is 0. The van der Waals surface area contributed by atoms with E-state index in [4.69, 9.17) is 0 Å². The normalized spacial score (nSPS) is 35.8. The van der Waals surface area contributed by atoms with E-state index in [1.165, 1.54) is 44.9 Å². The third-order valence-electron chi connectivity index (χ3n) is 3.70. The molecule has 0 aromatic carbocycles. The molecule has 13 heavy (non-hydrogen) atoms. The Labute approximate surface area is 80.7 Å². The molecule has 0 amide bonds. The second-order valence-corrected chi connectivity index (χ2v) is 4.63. The lowest BCUT2D eigenvalue weighted by Crippen LogP contribution is -2.40. The van der Waals surface area contributed by atoms with Gasteiger partial charge >= 0.3 is 0 Å². The molecule has 0 heterocycles. The van der Waals surface area contributed by atoms with E-state index in [1.807, 2.05) is 0 Å². The van der Waals surface area contributed by atoms with Crippen molar-refractivity contribution in [2.24, 2.45) is 5.92 Å². The van der Waals surface area contributed by atoms with E-state index in [0.717, 1.165) is 6.04 Å². The Balaban J connectivity index is 1.79. The smallest absolute Gasteiger partial charge is 0.0474 e. The van der Waals surface area contributed by atoms with Crippen LogP contribution in [0, 0.1) is 5.92 Å². The van der Waals surface area contributed by atoms with E-state index in [9.17, 15) is 5.11 Å². The van der Waals surface area contributed by atoms with Crippen LogP contribution in [0.25, 0.3) is 0 Å². The minimum absolute atomic E-state index is 0.379. The van der Waals surface area contributed by atoms with Gasteiger partial charge < -0.3 is 10.4 Å². The first-order valence-electron chi connectivity index (χ1n) is 5.77. The first-order valence-corrected chi connectivity index (χ1v) is 5.77. The van der Waals surface area contributed by atoms with Gasteiger partial charge in [-0.2, -0.15) is 0 Å². The molecule has 2 aliphatic rings. The summed E-state index contributed by atoms with van der Waals surface area (Å²) in [5, 5.41) is 12.9. The molecule has 76 valence electrons. The Morgan fingerprint density at radius 1 is 1.00 bits per heavy atom. The molecule has 0 aromatic heterocycles. The Hall–Kier alpha value is -0.0800. The molecule has 2 fully saturated rings. The zero-order valence-electron chi connectivity index (χ0n) is 8.34. The van der Waals surface area contributed by atoms with Crippen molar-refractivity contribution in [2.45, 2.75) is 57.0 Å². The maximum atomic E-state index is 9.17. The average molecular weight is 183 g/mol. The first-order chi connectivity index (χ1) is 6.40. The van der Waals surface area contributed by atoms with Crippen LogP contribution < -0.4 is 5.32 Å². The van der Waals surface area contributed by atoms with Crippen LogP contribution in [0.2, 0.25) is 0 Å². The fourth-order valence-electron chi connectivity index (χ4n) is 2.87. The van der Waals surface area contributed by atoms with Crippen molar-refractivity contribution in [3.63, 3.8) is 0 Å². The molecular weight excluding hydrogens is 162 g/mol. The van der Waals surface area contributed by atoms with Crippen molar-refractivity contribution in [1.82, 2.24) is 5.32 Å². The summed E-state index contributed by atoms with van der Waals surface area (Å²) in [6.45, 7) is 0.379. The highest BCUT2D eigenvalue weighted by Crippen LogP contribution is 2.27. The van der Waals surface area contributed by atoms with Crippen molar-refractivity contribution >= 4 is 0 Å². The van der Waals surface area contributed by atoms with Crippen molar-refractivity contribution in [2.75, 3.05) is 6.61 Å². The van der Waals surface area contributed by atoms with Gasteiger partial charge in [-0.15, -0.1) is 0 Å². The SMILES string of the molecule is OCC1CCCC1NC1CCCC1. The minimum atomic E-state index is 0.379. The fourth-order valence-corrected chi connectivity index (χ4v) is 2.87. The van der Waals surface area contributed by atoms with Gasteiger partial charge in [-0.3, -0.25) is 0 Å². The lowest BCUT2D eigenvalue weighted by atomic mass is 10.0. The Morgan fingerprint density at radius 2 is 1.77 bits per heavy atom. The van der Waals surface area contributed by atoms with Gasteiger partial charge in [-0.1, -0.05) is 19.3 Å². The van der Waals surface area contributed by atoms with E-state index in [0.29, 0.717) is 18.6 Å². The molecular formula is C11H21NO. The Morgan fingerprint density at radius 3 is 2.46 bits per heavy atom. The van der Waals surface area contributed by atoms with Gasteiger partial charge in [-0.25, -0.2) is 0 Å². The summed E-state index contributed by atoms with van der Waals surface area (Å²) in [7, 11) is 0. The zero-order chi connectivity index (χ0) is 9.10. The number of hydrogen-bond donors (Lipinski definition) is 2. The standard InChI is InChI=1S/C11H21NO/c13-8-9-4-3-7-11(9)12-10-5-1-2-6-10/h9-13H,1-8H2. The molecule has 0 spiro atoms. The zero-order valence-corrected chi connectivity index (χ0v) is 8.34. The second kappa shape index (κ2) is 4.43. The van der Waals surface area contributed by atoms with E-state index in [1.54, 1.807) is 0 Å². The molecule has 0 bridgehead atoms. The first kappa shape index (κ1) is 9.47. The lowest BCUT2D eigenvalue weighted by Gasteiger charge is -2.23. The molecule has 0 aromatic rings. The van der Waals surface area contributed by atoms with Gasteiger partial charge in [0.15, 0.2) is 0 Å². The summed E-state index contributed by atoms with van der Waals surface area (Å²) < 4.78 is 0. The molecule has 0 radical (unpaired) electrons. The third kappa shape index (κ3) is 2.23. The molecule has 2 aliphatic carbocycles. The van der Waals surface area contributed by atoms with Gasteiger partial charge in [0.2, 0.25) is 0 Å². The maximum Gasteiger partial charge on any atom is 0.0474 e. The molecule has 2 N–H and O–H groups in total. The molecule has 2 atom stereocenters. The Bertz CT molecular complexity index is 154. The largest absolute Gasteiger partial charge is 0.396 e. The van der Waals surface area contributed by atoms with Crippen LogP contribution in [0.5, 0.6) is 0 Å². The van der Waals surface area contributed by atoms with Gasteiger partial charge in [0.1, 0.15) is 0 Å². The van der Waals surface area contributed by atoms with Crippen LogP contribution in [0.1, 0.15) is 44.9 Å². The van der Waals surface area contributed by atoms with E-state index >= 15 is 0 Å². The summed E-state index contributed by atoms with van der Waals surface area (Å²) in [4.78, 5) is 0. The van der Waals surface area contributed by atoms with Gasteiger partial charge in [0.25, 0.3) is 0 Å². The molecule has 0 aliphatic heterocycles. The number of aliphatic hydroxyl groups is 1.